The minimum Gasteiger partial charge on any atom is -0.338 e. The van der Waals surface area contributed by atoms with Crippen molar-refractivity contribution in [3.05, 3.63) is 17.5 Å². The maximum absolute atomic E-state index is 5.09. The van der Waals surface area contributed by atoms with E-state index < -0.39 is 0 Å². The maximum Gasteiger partial charge on any atom is 0.237 e. The van der Waals surface area contributed by atoms with Crippen LogP contribution in [0.3, 0.4) is 0 Å². The minimum absolute atomic E-state index is 0.642. The molecule has 1 aliphatic heterocycles. The first kappa shape index (κ1) is 11.7. The molecule has 0 N–H and O–H groups in total. The third-order valence-corrected chi connectivity index (χ3v) is 3.92. The van der Waals surface area contributed by atoms with Crippen LogP contribution in [-0.2, 0) is 18.7 Å². The molecule has 0 unspecified atom stereocenters. The van der Waals surface area contributed by atoms with Gasteiger partial charge in [0.1, 0.15) is 5.82 Å². The van der Waals surface area contributed by atoms with Crippen molar-refractivity contribution in [3.63, 3.8) is 0 Å². The molecule has 0 radical (unpaired) electrons. The fraction of sp³-hybridized carbons (Fsp3) is 0.636. The quantitative estimate of drug-likeness (QED) is 0.790. The van der Waals surface area contributed by atoms with Crippen LogP contribution in [0.5, 0.6) is 0 Å². The minimum atomic E-state index is 0.642. The van der Waals surface area contributed by atoms with Gasteiger partial charge in [0.2, 0.25) is 5.89 Å². The molecule has 2 aromatic heterocycles. The summed E-state index contributed by atoms with van der Waals surface area (Å²) in [6, 6.07) is 0. The Hall–Kier alpha value is -1.37. The van der Waals surface area contributed by atoms with Gasteiger partial charge in [-0.05, 0) is 19.8 Å². The summed E-state index contributed by atoms with van der Waals surface area (Å²) in [5, 5.41) is 13.2. The summed E-state index contributed by atoms with van der Waals surface area (Å²) < 4.78 is 7.32. The van der Waals surface area contributed by atoms with Crippen LogP contribution in [0.4, 0.5) is 0 Å². The number of aryl methyl sites for hydroxylation is 2. The van der Waals surface area contributed by atoms with Gasteiger partial charge in [-0.2, -0.15) is 4.98 Å². The van der Waals surface area contributed by atoms with Crippen LogP contribution in [0.15, 0.2) is 9.68 Å². The van der Waals surface area contributed by atoms with Gasteiger partial charge in [0.05, 0.1) is 5.75 Å². The molecule has 0 bridgehead atoms. The standard InChI is InChI=1S/C11H15N5OS/c1-8-12-10(17-15-8)7-18-11-14-13-9-5-3-2-4-6-16(9)11/h2-7H2,1H3. The summed E-state index contributed by atoms with van der Waals surface area (Å²) in [7, 11) is 0. The number of hydrogen-bond acceptors (Lipinski definition) is 6. The maximum atomic E-state index is 5.09. The third-order valence-electron chi connectivity index (χ3n) is 2.97. The molecule has 0 fully saturated rings. The van der Waals surface area contributed by atoms with Gasteiger partial charge in [-0.1, -0.05) is 23.3 Å². The van der Waals surface area contributed by atoms with Crippen LogP contribution in [0.25, 0.3) is 0 Å². The monoisotopic (exact) mass is 265 g/mol. The predicted molar refractivity (Wildman–Crippen MR) is 66.2 cm³/mol. The molecule has 0 spiro atoms. The fourth-order valence-electron chi connectivity index (χ4n) is 2.09. The van der Waals surface area contributed by atoms with E-state index in [1.165, 1.54) is 19.3 Å². The average Bonchev–Trinajstić information content (AvgIpc) is 2.87. The molecular formula is C11H15N5OS. The number of fused-ring (bicyclic) bond motifs is 1. The topological polar surface area (TPSA) is 69.6 Å². The highest BCUT2D eigenvalue weighted by molar-refractivity contribution is 7.98. The molecule has 0 aliphatic carbocycles. The molecule has 6 nitrogen and oxygen atoms in total. The van der Waals surface area contributed by atoms with Crippen molar-refractivity contribution in [1.29, 1.82) is 0 Å². The second kappa shape index (κ2) is 5.09. The Balaban J connectivity index is 1.71. The van der Waals surface area contributed by atoms with E-state index in [2.05, 4.69) is 24.9 Å². The summed E-state index contributed by atoms with van der Waals surface area (Å²) in [6.07, 6.45) is 4.73. The normalized spacial score (nSPS) is 15.4. The number of rotatable bonds is 3. The Labute approximate surface area is 109 Å². The van der Waals surface area contributed by atoms with Crippen LogP contribution in [0, 0.1) is 6.92 Å². The Morgan fingerprint density at radius 1 is 1.28 bits per heavy atom. The Kier molecular flexibility index (Phi) is 3.31. The zero-order valence-corrected chi connectivity index (χ0v) is 11.1. The molecule has 3 rings (SSSR count). The van der Waals surface area contributed by atoms with Crippen LogP contribution >= 0.6 is 11.8 Å². The summed E-state index contributed by atoms with van der Waals surface area (Å²) in [5.74, 6) is 3.07. The van der Waals surface area contributed by atoms with Crippen LogP contribution < -0.4 is 0 Å². The van der Waals surface area contributed by atoms with Gasteiger partial charge in [-0.15, -0.1) is 10.2 Å². The van der Waals surface area contributed by atoms with E-state index in [0.29, 0.717) is 17.5 Å². The number of hydrogen-bond donors (Lipinski definition) is 0. The van der Waals surface area contributed by atoms with Gasteiger partial charge >= 0.3 is 0 Å². The summed E-state index contributed by atoms with van der Waals surface area (Å²) in [4.78, 5) is 4.18. The molecular weight excluding hydrogens is 250 g/mol. The molecule has 96 valence electrons. The lowest BCUT2D eigenvalue weighted by molar-refractivity contribution is 0.387. The smallest absolute Gasteiger partial charge is 0.237 e. The van der Waals surface area contributed by atoms with Gasteiger partial charge < -0.3 is 9.09 Å². The predicted octanol–water partition coefficient (Wildman–Crippen LogP) is 1.99. The highest BCUT2D eigenvalue weighted by atomic mass is 32.2. The lowest BCUT2D eigenvalue weighted by Crippen LogP contribution is -2.02. The van der Waals surface area contributed by atoms with Gasteiger partial charge in [-0.3, -0.25) is 0 Å². The Morgan fingerprint density at radius 3 is 3.06 bits per heavy atom. The van der Waals surface area contributed by atoms with Crippen molar-refractivity contribution in [2.24, 2.45) is 0 Å². The van der Waals surface area contributed by atoms with Crippen molar-refractivity contribution in [2.75, 3.05) is 0 Å². The summed E-state index contributed by atoms with van der Waals surface area (Å²) in [6.45, 7) is 2.84. The van der Waals surface area contributed by atoms with Crippen molar-refractivity contribution < 1.29 is 4.52 Å². The first-order valence-corrected chi connectivity index (χ1v) is 7.15. The van der Waals surface area contributed by atoms with Crippen molar-refractivity contribution in [2.45, 2.75) is 50.1 Å². The summed E-state index contributed by atoms with van der Waals surface area (Å²) in [5.41, 5.74) is 0. The molecule has 0 saturated carbocycles. The van der Waals surface area contributed by atoms with Gasteiger partial charge in [-0.25, -0.2) is 0 Å². The van der Waals surface area contributed by atoms with Crippen LogP contribution in [0.1, 0.15) is 36.8 Å². The molecule has 7 heteroatoms. The van der Waals surface area contributed by atoms with E-state index >= 15 is 0 Å². The van der Waals surface area contributed by atoms with Crippen molar-refractivity contribution >= 4 is 11.8 Å². The number of thioether (sulfide) groups is 1. The Morgan fingerprint density at radius 2 is 2.22 bits per heavy atom. The highest BCUT2D eigenvalue weighted by Gasteiger charge is 2.15. The van der Waals surface area contributed by atoms with E-state index in [1.807, 2.05) is 6.92 Å². The molecule has 0 aromatic carbocycles. The second-order valence-electron chi connectivity index (χ2n) is 4.39. The number of aromatic nitrogens is 5. The molecule has 0 saturated heterocycles. The first-order valence-electron chi connectivity index (χ1n) is 6.17. The third kappa shape index (κ3) is 2.40. The number of nitrogens with zero attached hydrogens (tertiary/aromatic N) is 5. The highest BCUT2D eigenvalue weighted by Crippen LogP contribution is 2.24. The van der Waals surface area contributed by atoms with E-state index in [4.69, 9.17) is 4.52 Å². The van der Waals surface area contributed by atoms with Crippen molar-refractivity contribution in [1.82, 2.24) is 24.9 Å². The molecule has 0 atom stereocenters. The Bertz CT molecular complexity index is 535. The molecule has 3 heterocycles. The summed E-state index contributed by atoms with van der Waals surface area (Å²) >= 11 is 1.61. The van der Waals surface area contributed by atoms with E-state index in [9.17, 15) is 0 Å². The van der Waals surface area contributed by atoms with Crippen molar-refractivity contribution in [3.8, 4) is 0 Å². The van der Waals surface area contributed by atoms with Gasteiger partial charge in [0.15, 0.2) is 11.0 Å². The average molecular weight is 265 g/mol. The van der Waals surface area contributed by atoms with E-state index in [-0.39, 0.29) is 0 Å². The van der Waals surface area contributed by atoms with Gasteiger partial charge in [0.25, 0.3) is 0 Å². The van der Waals surface area contributed by atoms with Crippen LogP contribution in [-0.4, -0.2) is 24.9 Å². The lowest BCUT2D eigenvalue weighted by atomic mass is 10.2. The van der Waals surface area contributed by atoms with E-state index in [0.717, 1.165) is 23.9 Å². The first-order chi connectivity index (χ1) is 8.83. The fourth-order valence-corrected chi connectivity index (χ4v) is 2.91. The van der Waals surface area contributed by atoms with E-state index in [1.54, 1.807) is 11.8 Å². The molecule has 18 heavy (non-hydrogen) atoms. The SMILES string of the molecule is Cc1noc(CSc2nnc3n2CCCCC3)n1. The van der Waals surface area contributed by atoms with Gasteiger partial charge in [0, 0.05) is 13.0 Å². The lowest BCUT2D eigenvalue weighted by Gasteiger charge is -2.04. The zero-order valence-electron chi connectivity index (χ0n) is 10.3. The molecule has 2 aromatic rings. The second-order valence-corrected chi connectivity index (χ2v) is 5.33. The molecule has 0 amide bonds. The largest absolute Gasteiger partial charge is 0.338 e. The van der Waals surface area contributed by atoms with Crippen LogP contribution in [0.2, 0.25) is 0 Å². The molecule has 1 aliphatic rings. The zero-order chi connectivity index (χ0) is 12.4.